The molecule has 0 aliphatic heterocycles. The van der Waals surface area contributed by atoms with E-state index in [4.69, 9.17) is 0 Å². The average molecular weight is 363 g/mol. The van der Waals surface area contributed by atoms with Crippen molar-refractivity contribution >= 4 is 11.6 Å². The molecule has 0 amide bonds. The molecule has 0 aromatic rings. The van der Waals surface area contributed by atoms with Gasteiger partial charge in [0.1, 0.15) is 11.4 Å². The maximum Gasteiger partial charge on any atom is 0.190 e. The Kier molecular flexibility index (Phi) is 7.32. The minimum absolute atomic E-state index is 0.129. The number of aliphatic hydroxyl groups excluding tert-OH is 1. The predicted octanol–water partition coefficient (Wildman–Crippen LogP) is 3.78. The van der Waals surface area contributed by atoms with Gasteiger partial charge in [-0.1, -0.05) is 38.5 Å². The summed E-state index contributed by atoms with van der Waals surface area (Å²) in [5, 5.41) is 21.1. The Balaban J connectivity index is 2.89. The lowest BCUT2D eigenvalue weighted by atomic mass is 9.79. The standard InChI is InChI=1S/C22H34O4/c1-8-17-19(24)16(5)13-22(17,26)20(25)15(4)11-12-21(6,7)18(23)10-9-14(2)3/h8,11,16-17,19,24,26H,1-2,9-10,12-13H2,3-7H3/b15-11+/t16-,17-,19+,22+/m0/s1. The van der Waals surface area contributed by atoms with Crippen molar-refractivity contribution in [1.29, 1.82) is 0 Å². The molecule has 1 aliphatic rings. The molecule has 4 atom stereocenters. The number of carbonyl (C=O) groups is 2. The van der Waals surface area contributed by atoms with Gasteiger partial charge in [-0.3, -0.25) is 9.59 Å². The Morgan fingerprint density at radius 1 is 1.27 bits per heavy atom. The summed E-state index contributed by atoms with van der Waals surface area (Å²) in [4.78, 5) is 25.3. The second kappa shape index (κ2) is 8.45. The maximum absolute atomic E-state index is 12.9. The van der Waals surface area contributed by atoms with Gasteiger partial charge in [-0.15, -0.1) is 13.2 Å². The normalized spacial score (nSPS) is 29.5. The van der Waals surface area contributed by atoms with Gasteiger partial charge in [0.2, 0.25) is 0 Å². The summed E-state index contributed by atoms with van der Waals surface area (Å²) >= 11 is 0. The second-order valence-electron chi connectivity index (χ2n) is 8.54. The molecule has 0 aromatic heterocycles. The lowest BCUT2D eigenvalue weighted by Gasteiger charge is -2.28. The van der Waals surface area contributed by atoms with Crippen molar-refractivity contribution in [3.63, 3.8) is 0 Å². The summed E-state index contributed by atoms with van der Waals surface area (Å²) in [6.07, 6.45) is 4.14. The molecule has 1 aliphatic carbocycles. The van der Waals surface area contributed by atoms with E-state index in [0.29, 0.717) is 24.8 Å². The highest BCUT2D eigenvalue weighted by molar-refractivity contribution is 6.02. The fourth-order valence-electron chi connectivity index (χ4n) is 3.58. The Bertz CT molecular complexity index is 614. The van der Waals surface area contributed by atoms with Crippen molar-refractivity contribution in [1.82, 2.24) is 0 Å². The van der Waals surface area contributed by atoms with Gasteiger partial charge < -0.3 is 10.2 Å². The quantitative estimate of drug-likeness (QED) is 0.483. The number of aliphatic hydroxyl groups is 2. The van der Waals surface area contributed by atoms with Gasteiger partial charge in [0.05, 0.1) is 6.10 Å². The van der Waals surface area contributed by atoms with E-state index in [1.54, 1.807) is 13.0 Å². The number of hydrogen-bond acceptors (Lipinski definition) is 4. The smallest absolute Gasteiger partial charge is 0.190 e. The highest BCUT2D eigenvalue weighted by atomic mass is 16.3. The number of Topliss-reactive ketones (excluding diaryl/α,β-unsaturated/α-hetero) is 2. The Hall–Kier alpha value is -1.52. The van der Waals surface area contributed by atoms with Gasteiger partial charge in [-0.05, 0) is 44.6 Å². The van der Waals surface area contributed by atoms with Crippen LogP contribution < -0.4 is 0 Å². The number of ketones is 2. The van der Waals surface area contributed by atoms with E-state index in [1.807, 2.05) is 27.7 Å². The van der Waals surface area contributed by atoms with Gasteiger partial charge in [0.15, 0.2) is 5.78 Å². The number of rotatable bonds is 9. The van der Waals surface area contributed by atoms with E-state index >= 15 is 0 Å². The molecule has 26 heavy (non-hydrogen) atoms. The molecule has 0 unspecified atom stereocenters. The molecule has 1 rings (SSSR count). The van der Waals surface area contributed by atoms with Gasteiger partial charge in [0, 0.05) is 17.8 Å². The molecule has 1 saturated carbocycles. The first kappa shape index (κ1) is 22.5. The molecule has 2 N–H and O–H groups in total. The molecule has 0 spiro atoms. The van der Waals surface area contributed by atoms with Crippen molar-refractivity contribution in [2.45, 2.75) is 72.0 Å². The summed E-state index contributed by atoms with van der Waals surface area (Å²) in [6.45, 7) is 16.6. The van der Waals surface area contributed by atoms with Crippen molar-refractivity contribution in [3.8, 4) is 0 Å². The zero-order valence-corrected chi connectivity index (χ0v) is 16.8. The van der Waals surface area contributed by atoms with Crippen LogP contribution in [0.15, 0.2) is 36.5 Å². The SMILES string of the molecule is C=C[C@H]1[C@H](O)[C@@H](C)C[C@]1(O)C(=O)/C(C)=C/CC(C)(C)C(=O)CCC(=C)C. The zero-order chi connectivity index (χ0) is 20.3. The van der Waals surface area contributed by atoms with Gasteiger partial charge in [-0.2, -0.15) is 0 Å². The third-order valence-corrected chi connectivity index (χ3v) is 5.59. The minimum atomic E-state index is -1.63. The molecule has 4 nitrogen and oxygen atoms in total. The van der Waals surface area contributed by atoms with Crippen molar-refractivity contribution in [3.05, 3.63) is 36.5 Å². The van der Waals surface area contributed by atoms with E-state index < -0.39 is 28.8 Å². The molecular weight excluding hydrogens is 328 g/mol. The Morgan fingerprint density at radius 3 is 2.35 bits per heavy atom. The fraction of sp³-hybridized carbons (Fsp3) is 0.636. The van der Waals surface area contributed by atoms with Crippen LogP contribution in [-0.2, 0) is 9.59 Å². The van der Waals surface area contributed by atoms with Crippen LogP contribution in [0.4, 0.5) is 0 Å². The van der Waals surface area contributed by atoms with Crippen molar-refractivity contribution in [2.24, 2.45) is 17.3 Å². The zero-order valence-electron chi connectivity index (χ0n) is 16.8. The highest BCUT2D eigenvalue weighted by Crippen LogP contribution is 2.42. The first-order chi connectivity index (χ1) is 11.9. The van der Waals surface area contributed by atoms with Gasteiger partial charge in [0.25, 0.3) is 0 Å². The average Bonchev–Trinajstić information content (AvgIpc) is 2.79. The third-order valence-electron chi connectivity index (χ3n) is 5.59. The molecule has 0 heterocycles. The number of hydrogen-bond donors (Lipinski definition) is 2. The summed E-state index contributed by atoms with van der Waals surface area (Å²) in [5.74, 6) is -1.13. The van der Waals surface area contributed by atoms with E-state index in [2.05, 4.69) is 13.2 Å². The van der Waals surface area contributed by atoms with Crippen LogP contribution in [-0.4, -0.2) is 33.5 Å². The van der Waals surface area contributed by atoms with Crippen LogP contribution in [0.3, 0.4) is 0 Å². The molecule has 0 aromatic carbocycles. The van der Waals surface area contributed by atoms with Crippen LogP contribution in [0.25, 0.3) is 0 Å². The molecule has 4 heteroatoms. The van der Waals surface area contributed by atoms with Crippen LogP contribution in [0.5, 0.6) is 0 Å². The van der Waals surface area contributed by atoms with Crippen LogP contribution in [0.2, 0.25) is 0 Å². The Morgan fingerprint density at radius 2 is 1.85 bits per heavy atom. The number of carbonyl (C=O) groups excluding carboxylic acids is 2. The third kappa shape index (κ3) is 4.80. The molecule has 0 radical (unpaired) electrons. The fourth-order valence-corrected chi connectivity index (χ4v) is 3.58. The van der Waals surface area contributed by atoms with E-state index in [1.165, 1.54) is 6.08 Å². The minimum Gasteiger partial charge on any atom is -0.392 e. The first-order valence-electron chi connectivity index (χ1n) is 9.29. The topological polar surface area (TPSA) is 74.6 Å². The van der Waals surface area contributed by atoms with Gasteiger partial charge in [-0.25, -0.2) is 0 Å². The highest BCUT2D eigenvalue weighted by Gasteiger charge is 2.53. The lowest BCUT2D eigenvalue weighted by Crippen LogP contribution is -2.44. The van der Waals surface area contributed by atoms with Crippen LogP contribution >= 0.6 is 0 Å². The number of allylic oxidation sites excluding steroid dienone is 2. The summed E-state index contributed by atoms with van der Waals surface area (Å²) in [5.41, 5.74) is -0.820. The first-order valence-corrected chi connectivity index (χ1v) is 9.29. The molecule has 1 fully saturated rings. The predicted molar refractivity (Wildman–Crippen MR) is 105 cm³/mol. The van der Waals surface area contributed by atoms with E-state index in [0.717, 1.165) is 5.57 Å². The summed E-state index contributed by atoms with van der Waals surface area (Å²) in [6, 6.07) is 0. The van der Waals surface area contributed by atoms with Crippen LogP contribution in [0.1, 0.15) is 60.3 Å². The summed E-state index contributed by atoms with van der Waals surface area (Å²) in [7, 11) is 0. The van der Waals surface area contributed by atoms with E-state index in [9.17, 15) is 19.8 Å². The van der Waals surface area contributed by atoms with E-state index in [-0.39, 0.29) is 18.1 Å². The molecular formula is C22H34O4. The largest absolute Gasteiger partial charge is 0.392 e. The summed E-state index contributed by atoms with van der Waals surface area (Å²) < 4.78 is 0. The maximum atomic E-state index is 12.9. The van der Waals surface area contributed by atoms with Crippen LogP contribution in [0, 0.1) is 17.3 Å². The molecule has 146 valence electrons. The molecule has 0 bridgehead atoms. The van der Waals surface area contributed by atoms with Crippen molar-refractivity contribution in [2.75, 3.05) is 0 Å². The van der Waals surface area contributed by atoms with Crippen molar-refractivity contribution < 1.29 is 19.8 Å². The second-order valence-corrected chi connectivity index (χ2v) is 8.54. The van der Waals surface area contributed by atoms with Gasteiger partial charge >= 0.3 is 0 Å². The lowest BCUT2D eigenvalue weighted by molar-refractivity contribution is -0.136. The monoisotopic (exact) mass is 362 g/mol. The molecule has 0 saturated heterocycles. The Labute approximate surface area is 157 Å².